The van der Waals surface area contributed by atoms with E-state index >= 15 is 0 Å². The van der Waals surface area contributed by atoms with E-state index < -0.39 is 6.10 Å². The SMILES string of the molecule is O=C[C@H]1ON(c2ccc(F)cc2)[C@H]1c1ccc(OCc2ccccc2)cc1. The van der Waals surface area contributed by atoms with Crippen LogP contribution in [0.5, 0.6) is 5.75 Å². The highest BCUT2D eigenvalue weighted by Gasteiger charge is 2.42. The van der Waals surface area contributed by atoms with Gasteiger partial charge in [-0.25, -0.2) is 9.45 Å². The molecule has 1 aliphatic rings. The molecule has 3 aromatic carbocycles. The Bertz CT molecular complexity index is 897. The normalized spacial score (nSPS) is 18.6. The lowest BCUT2D eigenvalue weighted by atomic mass is 9.98. The number of nitrogens with zero attached hydrogens (tertiary/aromatic N) is 1. The average Bonchev–Trinajstić information content (AvgIpc) is 2.69. The molecule has 1 heterocycles. The summed E-state index contributed by atoms with van der Waals surface area (Å²) in [6.07, 6.45) is 0.218. The maximum absolute atomic E-state index is 13.1. The van der Waals surface area contributed by atoms with Gasteiger partial charge in [-0.15, -0.1) is 0 Å². The van der Waals surface area contributed by atoms with Gasteiger partial charge in [0, 0.05) is 0 Å². The summed E-state index contributed by atoms with van der Waals surface area (Å²) in [5.41, 5.74) is 2.72. The topological polar surface area (TPSA) is 38.8 Å². The van der Waals surface area contributed by atoms with Gasteiger partial charge in [0.05, 0.1) is 5.69 Å². The first kappa shape index (κ1) is 17.2. The van der Waals surface area contributed by atoms with E-state index in [9.17, 15) is 9.18 Å². The van der Waals surface area contributed by atoms with Crippen molar-refractivity contribution in [2.75, 3.05) is 5.06 Å². The highest BCUT2D eigenvalue weighted by molar-refractivity contribution is 5.64. The fourth-order valence-electron chi connectivity index (χ4n) is 3.06. The number of hydroxylamine groups is 1. The van der Waals surface area contributed by atoms with Gasteiger partial charge in [0.2, 0.25) is 0 Å². The van der Waals surface area contributed by atoms with Gasteiger partial charge in [-0.2, -0.15) is 0 Å². The second-order valence-electron chi connectivity index (χ2n) is 6.30. The van der Waals surface area contributed by atoms with E-state index in [1.54, 1.807) is 17.2 Å². The van der Waals surface area contributed by atoms with E-state index in [0.717, 1.165) is 23.2 Å². The van der Waals surface area contributed by atoms with Crippen molar-refractivity contribution in [2.45, 2.75) is 18.8 Å². The first-order valence-corrected chi connectivity index (χ1v) is 8.68. The summed E-state index contributed by atoms with van der Waals surface area (Å²) in [5.74, 6) is 0.432. The second kappa shape index (κ2) is 7.60. The summed E-state index contributed by atoms with van der Waals surface area (Å²) in [4.78, 5) is 16.8. The molecule has 2 atom stereocenters. The third-order valence-corrected chi connectivity index (χ3v) is 4.48. The van der Waals surface area contributed by atoms with Crippen LogP contribution in [-0.2, 0) is 16.2 Å². The Kier molecular flexibility index (Phi) is 4.85. The Balaban J connectivity index is 1.47. The Labute approximate surface area is 156 Å². The Morgan fingerprint density at radius 2 is 1.67 bits per heavy atom. The zero-order valence-corrected chi connectivity index (χ0v) is 14.5. The number of halogens is 1. The number of carbonyl (C=O) groups excluding carboxylic acids is 1. The van der Waals surface area contributed by atoms with Gasteiger partial charge >= 0.3 is 0 Å². The summed E-state index contributed by atoms with van der Waals surface area (Å²) < 4.78 is 18.9. The van der Waals surface area contributed by atoms with Gasteiger partial charge < -0.3 is 9.53 Å². The molecule has 0 amide bonds. The Hall–Kier alpha value is -3.18. The van der Waals surface area contributed by atoms with Crippen LogP contribution >= 0.6 is 0 Å². The molecule has 5 heteroatoms. The molecule has 0 bridgehead atoms. The number of rotatable bonds is 6. The minimum absolute atomic E-state index is 0.254. The summed E-state index contributed by atoms with van der Waals surface area (Å²) >= 11 is 0. The second-order valence-corrected chi connectivity index (χ2v) is 6.30. The van der Waals surface area contributed by atoms with Crippen molar-refractivity contribution in [3.05, 3.63) is 95.8 Å². The predicted octanol–water partition coefficient (Wildman–Crippen LogP) is 4.47. The third-order valence-electron chi connectivity index (χ3n) is 4.48. The van der Waals surface area contributed by atoms with Crippen LogP contribution in [0.4, 0.5) is 10.1 Å². The highest BCUT2D eigenvalue weighted by Crippen LogP contribution is 2.40. The van der Waals surface area contributed by atoms with Gasteiger partial charge in [-0.05, 0) is 47.5 Å². The molecule has 4 rings (SSSR count). The number of ether oxygens (including phenoxy) is 1. The predicted molar refractivity (Wildman–Crippen MR) is 99.8 cm³/mol. The number of anilines is 1. The lowest BCUT2D eigenvalue weighted by molar-refractivity contribution is -0.142. The Morgan fingerprint density at radius 3 is 2.33 bits per heavy atom. The van der Waals surface area contributed by atoms with Crippen LogP contribution in [0, 0.1) is 5.82 Å². The molecule has 0 aliphatic carbocycles. The van der Waals surface area contributed by atoms with E-state index in [-0.39, 0.29) is 11.9 Å². The number of benzene rings is 3. The van der Waals surface area contributed by atoms with E-state index in [1.165, 1.54) is 12.1 Å². The summed E-state index contributed by atoms with van der Waals surface area (Å²) in [6.45, 7) is 0.491. The van der Waals surface area contributed by atoms with Crippen molar-refractivity contribution < 1.29 is 18.8 Å². The van der Waals surface area contributed by atoms with Crippen LogP contribution in [0.1, 0.15) is 17.2 Å². The molecular formula is C22H18FNO3. The van der Waals surface area contributed by atoms with E-state index in [0.29, 0.717) is 12.3 Å². The van der Waals surface area contributed by atoms with Crippen molar-refractivity contribution in [2.24, 2.45) is 0 Å². The number of hydrogen-bond acceptors (Lipinski definition) is 4. The van der Waals surface area contributed by atoms with Crippen molar-refractivity contribution in [1.82, 2.24) is 0 Å². The maximum atomic E-state index is 13.1. The first-order chi connectivity index (χ1) is 13.2. The molecule has 1 aliphatic heterocycles. The van der Waals surface area contributed by atoms with Gasteiger partial charge in [0.15, 0.2) is 12.4 Å². The molecule has 0 unspecified atom stereocenters. The zero-order chi connectivity index (χ0) is 18.6. The standard InChI is InChI=1S/C22H18FNO3/c23-18-8-10-19(11-9-18)24-22(21(14-25)27-24)17-6-12-20(13-7-17)26-15-16-4-2-1-3-5-16/h1-14,21-22H,15H2/t21-,22+/m1/s1. The van der Waals surface area contributed by atoms with Crippen molar-refractivity contribution in [1.29, 1.82) is 0 Å². The molecule has 1 saturated heterocycles. The molecule has 1 fully saturated rings. The monoisotopic (exact) mass is 363 g/mol. The van der Waals surface area contributed by atoms with E-state index in [1.807, 2.05) is 54.6 Å². The summed E-state index contributed by atoms with van der Waals surface area (Å²) in [6, 6.07) is 23.3. The van der Waals surface area contributed by atoms with Crippen LogP contribution < -0.4 is 9.80 Å². The average molecular weight is 363 g/mol. The largest absolute Gasteiger partial charge is 0.489 e. The highest BCUT2D eigenvalue weighted by atomic mass is 19.1. The molecule has 3 aromatic rings. The molecule has 0 spiro atoms. The summed E-state index contributed by atoms with van der Waals surface area (Å²) in [7, 11) is 0. The van der Waals surface area contributed by atoms with Gasteiger partial charge in [-0.3, -0.25) is 4.84 Å². The number of aldehydes is 1. The third kappa shape index (κ3) is 3.68. The number of carbonyl (C=O) groups is 1. The van der Waals surface area contributed by atoms with Gasteiger partial charge in [-0.1, -0.05) is 42.5 Å². The van der Waals surface area contributed by atoms with Crippen LogP contribution in [0.3, 0.4) is 0 Å². The van der Waals surface area contributed by atoms with Gasteiger partial charge in [0.1, 0.15) is 24.2 Å². The lowest BCUT2D eigenvalue weighted by Crippen LogP contribution is -2.52. The maximum Gasteiger partial charge on any atom is 0.167 e. The van der Waals surface area contributed by atoms with Crippen LogP contribution in [0.15, 0.2) is 78.9 Å². The Morgan fingerprint density at radius 1 is 0.963 bits per heavy atom. The zero-order valence-electron chi connectivity index (χ0n) is 14.5. The fraction of sp³-hybridized carbons (Fsp3) is 0.136. The van der Waals surface area contributed by atoms with Gasteiger partial charge in [0.25, 0.3) is 0 Å². The quantitative estimate of drug-likeness (QED) is 0.606. The van der Waals surface area contributed by atoms with E-state index in [2.05, 4.69) is 0 Å². The van der Waals surface area contributed by atoms with Crippen molar-refractivity contribution >= 4 is 12.0 Å². The van der Waals surface area contributed by atoms with Crippen molar-refractivity contribution in [3.8, 4) is 5.75 Å². The van der Waals surface area contributed by atoms with Crippen LogP contribution in [-0.4, -0.2) is 12.4 Å². The minimum atomic E-state index is -0.564. The first-order valence-electron chi connectivity index (χ1n) is 8.68. The number of hydrogen-bond donors (Lipinski definition) is 0. The molecular weight excluding hydrogens is 345 g/mol. The molecule has 0 N–H and O–H groups in total. The molecule has 0 aromatic heterocycles. The smallest absolute Gasteiger partial charge is 0.167 e. The van der Waals surface area contributed by atoms with Crippen LogP contribution in [0.25, 0.3) is 0 Å². The molecule has 0 saturated carbocycles. The fourth-order valence-corrected chi connectivity index (χ4v) is 3.06. The summed E-state index contributed by atoms with van der Waals surface area (Å²) in [5, 5.41) is 1.62. The lowest BCUT2D eigenvalue weighted by Gasteiger charge is -2.45. The minimum Gasteiger partial charge on any atom is -0.489 e. The molecule has 136 valence electrons. The molecule has 27 heavy (non-hydrogen) atoms. The molecule has 4 nitrogen and oxygen atoms in total. The van der Waals surface area contributed by atoms with Crippen LogP contribution in [0.2, 0.25) is 0 Å². The van der Waals surface area contributed by atoms with Crippen molar-refractivity contribution in [3.63, 3.8) is 0 Å². The molecule has 0 radical (unpaired) electrons. The van der Waals surface area contributed by atoms with E-state index in [4.69, 9.17) is 9.57 Å².